The second kappa shape index (κ2) is 5.99. The Balaban J connectivity index is 2.76. The molecule has 0 aromatic rings. The molecule has 0 aromatic carbocycles. The third-order valence-corrected chi connectivity index (χ3v) is 4.84. The van der Waals surface area contributed by atoms with Gasteiger partial charge in [0, 0.05) is 12.6 Å². The first-order valence-electron chi connectivity index (χ1n) is 6.26. The van der Waals surface area contributed by atoms with E-state index in [0.717, 1.165) is 12.8 Å². The smallest absolute Gasteiger partial charge is 0.321 e. The monoisotopic (exact) mass is 278 g/mol. The van der Waals surface area contributed by atoms with E-state index < -0.39 is 22.2 Å². The van der Waals surface area contributed by atoms with Gasteiger partial charge in [-0.05, 0) is 32.1 Å². The molecule has 1 rings (SSSR count). The molecule has 0 aromatic heterocycles. The van der Waals surface area contributed by atoms with Crippen LogP contribution in [0.25, 0.3) is 0 Å². The average Bonchev–Trinajstić information content (AvgIpc) is 2.62. The lowest BCUT2D eigenvalue weighted by atomic mass is 10.1. The van der Waals surface area contributed by atoms with Crippen molar-refractivity contribution in [1.29, 1.82) is 0 Å². The molecule has 0 amide bonds. The van der Waals surface area contributed by atoms with E-state index in [0.29, 0.717) is 6.54 Å². The third kappa shape index (κ3) is 3.93. The van der Waals surface area contributed by atoms with Crippen molar-refractivity contribution < 1.29 is 18.3 Å². The summed E-state index contributed by atoms with van der Waals surface area (Å²) in [6.45, 7) is 6.03. The number of aliphatic carboxylic acids is 1. The van der Waals surface area contributed by atoms with Crippen molar-refractivity contribution >= 4 is 16.2 Å². The van der Waals surface area contributed by atoms with E-state index in [2.05, 4.69) is 4.72 Å². The molecule has 0 aliphatic carbocycles. The standard InChI is InChI=1S/C11H22N2O4S/c1-8(2)7-10(11(14)15)12-18(16,17)13-6-4-5-9(13)3/h8-10,12H,4-7H2,1-3H3,(H,14,15). The van der Waals surface area contributed by atoms with Crippen molar-refractivity contribution in [2.24, 2.45) is 5.92 Å². The number of nitrogens with zero attached hydrogens (tertiary/aromatic N) is 1. The molecule has 0 bridgehead atoms. The van der Waals surface area contributed by atoms with Crippen molar-refractivity contribution in [3.05, 3.63) is 0 Å². The molecule has 6 nitrogen and oxygen atoms in total. The first-order chi connectivity index (χ1) is 8.24. The summed E-state index contributed by atoms with van der Waals surface area (Å²) in [5, 5.41) is 9.05. The maximum Gasteiger partial charge on any atom is 0.321 e. The summed E-state index contributed by atoms with van der Waals surface area (Å²) in [7, 11) is -3.70. The van der Waals surface area contributed by atoms with Crippen molar-refractivity contribution in [2.45, 2.75) is 52.1 Å². The Morgan fingerprint density at radius 1 is 1.50 bits per heavy atom. The number of rotatable bonds is 6. The highest BCUT2D eigenvalue weighted by molar-refractivity contribution is 7.87. The molecule has 0 spiro atoms. The van der Waals surface area contributed by atoms with E-state index in [1.807, 2.05) is 20.8 Å². The van der Waals surface area contributed by atoms with Gasteiger partial charge in [0.2, 0.25) is 0 Å². The minimum absolute atomic E-state index is 0.0593. The Kier molecular flexibility index (Phi) is 5.12. The molecular formula is C11H22N2O4S. The van der Waals surface area contributed by atoms with Gasteiger partial charge in [0.05, 0.1) is 0 Å². The van der Waals surface area contributed by atoms with Crippen LogP contribution in [0.1, 0.15) is 40.0 Å². The lowest BCUT2D eigenvalue weighted by Crippen LogP contribution is -2.49. The van der Waals surface area contributed by atoms with Crippen molar-refractivity contribution in [3.8, 4) is 0 Å². The lowest BCUT2D eigenvalue weighted by molar-refractivity contribution is -0.139. The van der Waals surface area contributed by atoms with Crippen LogP contribution >= 0.6 is 0 Å². The highest BCUT2D eigenvalue weighted by atomic mass is 32.2. The summed E-state index contributed by atoms with van der Waals surface area (Å²) < 4.78 is 27.8. The fraction of sp³-hybridized carbons (Fsp3) is 0.909. The summed E-state index contributed by atoms with van der Waals surface area (Å²) in [6, 6.07) is -1.11. The van der Waals surface area contributed by atoms with Gasteiger partial charge in [0.15, 0.2) is 0 Å². The van der Waals surface area contributed by atoms with E-state index in [1.54, 1.807) is 0 Å². The van der Waals surface area contributed by atoms with Gasteiger partial charge in [0.1, 0.15) is 6.04 Å². The molecule has 1 heterocycles. The number of hydrogen-bond acceptors (Lipinski definition) is 3. The molecule has 2 N–H and O–H groups in total. The molecule has 7 heteroatoms. The average molecular weight is 278 g/mol. The van der Waals surface area contributed by atoms with Gasteiger partial charge in [-0.2, -0.15) is 17.4 Å². The molecule has 0 radical (unpaired) electrons. The molecule has 1 saturated heterocycles. The van der Waals surface area contributed by atoms with Gasteiger partial charge < -0.3 is 5.11 Å². The van der Waals surface area contributed by atoms with Crippen LogP contribution in [0.5, 0.6) is 0 Å². The SMILES string of the molecule is CC(C)CC(NS(=O)(=O)N1CCCC1C)C(=O)O. The van der Waals surface area contributed by atoms with E-state index in [-0.39, 0.29) is 18.4 Å². The number of nitrogens with one attached hydrogen (secondary N) is 1. The minimum atomic E-state index is -3.70. The van der Waals surface area contributed by atoms with Gasteiger partial charge in [-0.25, -0.2) is 0 Å². The third-order valence-electron chi connectivity index (χ3n) is 3.10. The van der Waals surface area contributed by atoms with Gasteiger partial charge in [-0.1, -0.05) is 13.8 Å². The summed E-state index contributed by atoms with van der Waals surface area (Å²) >= 11 is 0. The van der Waals surface area contributed by atoms with Crippen LogP contribution in [-0.4, -0.2) is 42.4 Å². The molecule has 2 unspecified atom stereocenters. The summed E-state index contributed by atoms with van der Waals surface area (Å²) in [4.78, 5) is 11.1. The first-order valence-corrected chi connectivity index (χ1v) is 7.70. The highest BCUT2D eigenvalue weighted by Gasteiger charge is 2.34. The number of carboxylic acids is 1. The van der Waals surface area contributed by atoms with Crippen molar-refractivity contribution in [3.63, 3.8) is 0 Å². The van der Waals surface area contributed by atoms with Crippen LogP contribution in [0.3, 0.4) is 0 Å². The molecule has 2 atom stereocenters. The molecule has 1 fully saturated rings. The molecular weight excluding hydrogens is 256 g/mol. The Bertz CT molecular complexity index is 394. The summed E-state index contributed by atoms with van der Waals surface area (Å²) in [5.74, 6) is -1.01. The first kappa shape index (κ1) is 15.4. The predicted octanol–water partition coefficient (Wildman–Crippen LogP) is 0.804. The van der Waals surface area contributed by atoms with Gasteiger partial charge in [0.25, 0.3) is 10.2 Å². The second-order valence-electron chi connectivity index (χ2n) is 5.25. The Hall–Kier alpha value is -0.660. The van der Waals surface area contributed by atoms with Gasteiger partial charge in [-0.3, -0.25) is 4.79 Å². The van der Waals surface area contributed by atoms with Crippen molar-refractivity contribution in [1.82, 2.24) is 9.03 Å². The van der Waals surface area contributed by atoms with Crippen LogP contribution in [0.4, 0.5) is 0 Å². The number of carbonyl (C=O) groups is 1. The van der Waals surface area contributed by atoms with E-state index in [1.165, 1.54) is 4.31 Å². The van der Waals surface area contributed by atoms with E-state index >= 15 is 0 Å². The van der Waals surface area contributed by atoms with Crippen LogP contribution in [-0.2, 0) is 15.0 Å². The Morgan fingerprint density at radius 2 is 2.11 bits per heavy atom. The van der Waals surface area contributed by atoms with Crippen LogP contribution in [0.2, 0.25) is 0 Å². The quantitative estimate of drug-likeness (QED) is 0.752. The Morgan fingerprint density at radius 3 is 2.50 bits per heavy atom. The van der Waals surface area contributed by atoms with Crippen LogP contribution in [0.15, 0.2) is 0 Å². The topological polar surface area (TPSA) is 86.7 Å². The lowest BCUT2D eigenvalue weighted by Gasteiger charge is -2.24. The highest BCUT2D eigenvalue weighted by Crippen LogP contribution is 2.20. The van der Waals surface area contributed by atoms with E-state index in [4.69, 9.17) is 5.11 Å². The zero-order valence-corrected chi connectivity index (χ0v) is 11.9. The summed E-state index contributed by atoms with van der Waals surface area (Å²) in [5.41, 5.74) is 0. The number of carboxylic acid groups (broad SMARTS) is 1. The van der Waals surface area contributed by atoms with Crippen LogP contribution < -0.4 is 4.72 Å². The maximum absolute atomic E-state index is 12.1. The Labute approximate surface area is 109 Å². The maximum atomic E-state index is 12.1. The largest absolute Gasteiger partial charge is 0.480 e. The number of hydrogen-bond donors (Lipinski definition) is 2. The van der Waals surface area contributed by atoms with Crippen molar-refractivity contribution in [2.75, 3.05) is 6.54 Å². The molecule has 1 aliphatic rings. The zero-order valence-electron chi connectivity index (χ0n) is 11.1. The van der Waals surface area contributed by atoms with E-state index in [9.17, 15) is 13.2 Å². The second-order valence-corrected chi connectivity index (χ2v) is 6.90. The van der Waals surface area contributed by atoms with Gasteiger partial charge in [-0.15, -0.1) is 0 Å². The molecule has 18 heavy (non-hydrogen) atoms. The fourth-order valence-electron chi connectivity index (χ4n) is 2.18. The van der Waals surface area contributed by atoms with Crippen LogP contribution in [0, 0.1) is 5.92 Å². The predicted molar refractivity (Wildman–Crippen MR) is 68.3 cm³/mol. The molecule has 0 saturated carbocycles. The fourth-order valence-corrected chi connectivity index (χ4v) is 3.82. The molecule has 106 valence electrons. The van der Waals surface area contributed by atoms with Gasteiger partial charge >= 0.3 is 5.97 Å². The normalized spacial score (nSPS) is 23.4. The minimum Gasteiger partial charge on any atom is -0.480 e. The molecule has 1 aliphatic heterocycles. The zero-order chi connectivity index (χ0) is 13.9. The summed E-state index contributed by atoms with van der Waals surface area (Å²) in [6.07, 6.45) is 1.93.